The Morgan fingerprint density at radius 2 is 1.85 bits per heavy atom. The Labute approximate surface area is 281 Å². The summed E-state index contributed by atoms with van der Waals surface area (Å²) in [6.07, 6.45) is 1.45. The standard InChI is InChI=1S/C34H25BrCl2N4O5/c1-3-44-27-16-21(30(35)31(37)32(27)45-18-29(42)39-23-11-8-19(2)9-12-23)17-38-41-33(40-25-7-5-4-6-24(25)34(41)43)28-15-20-14-22(36)10-13-26(20)46-28/h4-17H,3,18H2,1-2H3,(H,39,42). The second-order valence-electron chi connectivity index (χ2n) is 10.2. The lowest BCUT2D eigenvalue weighted by atomic mass is 10.2. The fourth-order valence-electron chi connectivity index (χ4n) is 4.70. The van der Waals surface area contributed by atoms with Gasteiger partial charge >= 0.3 is 0 Å². The molecular weight excluding hydrogens is 695 g/mol. The Morgan fingerprint density at radius 1 is 1.07 bits per heavy atom. The molecule has 0 bridgehead atoms. The summed E-state index contributed by atoms with van der Waals surface area (Å²) in [4.78, 5) is 31.0. The Balaban J connectivity index is 1.36. The summed E-state index contributed by atoms with van der Waals surface area (Å²) in [7, 11) is 0. The van der Waals surface area contributed by atoms with Gasteiger partial charge in [0.1, 0.15) is 10.6 Å². The van der Waals surface area contributed by atoms with Crippen LogP contribution >= 0.6 is 39.1 Å². The van der Waals surface area contributed by atoms with Crippen molar-refractivity contribution in [3.05, 3.63) is 115 Å². The second kappa shape index (κ2) is 13.4. The largest absolute Gasteiger partial charge is 0.490 e. The summed E-state index contributed by atoms with van der Waals surface area (Å²) in [5, 5.41) is 9.16. The van der Waals surface area contributed by atoms with Crippen molar-refractivity contribution in [2.45, 2.75) is 13.8 Å². The Hall–Kier alpha value is -4.64. The van der Waals surface area contributed by atoms with E-state index in [0.29, 0.717) is 55.3 Å². The predicted octanol–water partition coefficient (Wildman–Crippen LogP) is 8.49. The molecule has 0 unspecified atom stereocenters. The zero-order chi connectivity index (χ0) is 32.4. The summed E-state index contributed by atoms with van der Waals surface area (Å²) >= 11 is 16.4. The first-order chi connectivity index (χ1) is 22.2. The molecule has 0 saturated heterocycles. The van der Waals surface area contributed by atoms with E-state index in [9.17, 15) is 9.59 Å². The van der Waals surface area contributed by atoms with E-state index in [1.54, 1.807) is 54.6 Å². The lowest BCUT2D eigenvalue weighted by Crippen LogP contribution is -2.21. The number of furan rings is 1. The van der Waals surface area contributed by atoms with E-state index >= 15 is 0 Å². The topological polar surface area (TPSA) is 108 Å². The third kappa shape index (κ3) is 6.50. The quantitative estimate of drug-likeness (QED) is 0.150. The van der Waals surface area contributed by atoms with Crippen LogP contribution in [0.5, 0.6) is 11.5 Å². The average Bonchev–Trinajstić information content (AvgIpc) is 3.47. The summed E-state index contributed by atoms with van der Waals surface area (Å²) < 4.78 is 19.3. The number of hydrogen-bond acceptors (Lipinski definition) is 7. The smallest absolute Gasteiger partial charge is 0.282 e. The molecule has 9 nitrogen and oxygen atoms in total. The molecule has 12 heteroatoms. The zero-order valence-electron chi connectivity index (χ0n) is 24.5. The molecule has 0 spiro atoms. The minimum Gasteiger partial charge on any atom is -0.490 e. The van der Waals surface area contributed by atoms with Crippen LogP contribution in [-0.4, -0.2) is 35.0 Å². The number of nitrogens with zero attached hydrogens (tertiary/aromatic N) is 3. The molecule has 6 rings (SSSR count). The highest BCUT2D eigenvalue weighted by atomic mass is 79.9. The van der Waals surface area contributed by atoms with E-state index in [1.165, 1.54) is 10.9 Å². The monoisotopic (exact) mass is 718 g/mol. The SMILES string of the molecule is CCOc1cc(C=Nn2c(-c3cc4cc(Cl)ccc4o3)nc3ccccc3c2=O)c(Br)c(Cl)c1OCC(=O)Nc1ccc(C)cc1. The molecule has 0 atom stereocenters. The van der Waals surface area contributed by atoms with E-state index in [-0.39, 0.29) is 29.1 Å². The number of aryl methyl sites for hydroxylation is 1. The van der Waals surface area contributed by atoms with Gasteiger partial charge in [-0.2, -0.15) is 9.78 Å². The first-order valence-electron chi connectivity index (χ1n) is 14.1. The molecule has 2 heterocycles. The third-order valence-electron chi connectivity index (χ3n) is 6.90. The van der Waals surface area contributed by atoms with Gasteiger partial charge in [-0.3, -0.25) is 9.59 Å². The van der Waals surface area contributed by atoms with Gasteiger partial charge in [0.05, 0.1) is 23.7 Å². The normalized spacial score (nSPS) is 11.4. The van der Waals surface area contributed by atoms with Gasteiger partial charge < -0.3 is 19.2 Å². The maximum Gasteiger partial charge on any atom is 0.282 e. The Bertz CT molecular complexity index is 2200. The molecule has 0 fully saturated rings. The minimum atomic E-state index is -0.401. The fourth-order valence-corrected chi connectivity index (χ4v) is 5.54. The van der Waals surface area contributed by atoms with Crippen molar-refractivity contribution in [2.75, 3.05) is 18.5 Å². The van der Waals surface area contributed by atoms with Crippen LogP contribution in [0.4, 0.5) is 5.69 Å². The second-order valence-corrected chi connectivity index (χ2v) is 11.8. The number of hydrogen-bond donors (Lipinski definition) is 1. The van der Waals surface area contributed by atoms with Gasteiger partial charge in [0, 0.05) is 26.1 Å². The molecule has 0 radical (unpaired) electrons. The number of anilines is 1. The Morgan fingerprint density at radius 3 is 2.63 bits per heavy atom. The molecule has 0 aliphatic heterocycles. The number of nitrogens with one attached hydrogen (secondary N) is 1. The number of carbonyl (C=O) groups is 1. The van der Waals surface area contributed by atoms with Crippen molar-refractivity contribution in [3.8, 4) is 23.1 Å². The molecule has 1 amide bonds. The lowest BCUT2D eigenvalue weighted by molar-refractivity contribution is -0.118. The first-order valence-corrected chi connectivity index (χ1v) is 15.7. The first kappa shape index (κ1) is 31.3. The fraction of sp³-hybridized carbons (Fsp3) is 0.118. The maximum atomic E-state index is 13.7. The average molecular weight is 720 g/mol. The van der Waals surface area contributed by atoms with Gasteiger partial charge in [-0.15, -0.1) is 0 Å². The predicted molar refractivity (Wildman–Crippen MR) is 185 cm³/mol. The molecule has 46 heavy (non-hydrogen) atoms. The highest BCUT2D eigenvalue weighted by molar-refractivity contribution is 9.10. The van der Waals surface area contributed by atoms with Crippen LogP contribution in [0.2, 0.25) is 10.0 Å². The number of benzene rings is 4. The van der Waals surface area contributed by atoms with Crippen LogP contribution < -0.4 is 20.3 Å². The van der Waals surface area contributed by atoms with Gasteiger partial charge in [0.25, 0.3) is 11.5 Å². The molecule has 1 N–H and O–H groups in total. The molecule has 0 aliphatic carbocycles. The van der Waals surface area contributed by atoms with Gasteiger partial charge in [0.15, 0.2) is 23.9 Å². The van der Waals surface area contributed by atoms with E-state index < -0.39 is 5.56 Å². The van der Waals surface area contributed by atoms with Crippen molar-refractivity contribution < 1.29 is 18.7 Å². The molecule has 0 aliphatic rings. The molecule has 232 valence electrons. The highest BCUT2D eigenvalue weighted by Gasteiger charge is 2.20. The third-order valence-corrected chi connectivity index (χ3v) is 8.58. The number of carbonyl (C=O) groups excluding carboxylic acids is 1. The van der Waals surface area contributed by atoms with E-state index in [2.05, 4.69) is 26.3 Å². The van der Waals surface area contributed by atoms with E-state index in [4.69, 9.17) is 42.1 Å². The van der Waals surface area contributed by atoms with Crippen LogP contribution in [0.3, 0.4) is 0 Å². The van der Waals surface area contributed by atoms with Crippen LogP contribution in [0, 0.1) is 6.92 Å². The van der Waals surface area contributed by atoms with Crippen LogP contribution in [0.1, 0.15) is 18.1 Å². The minimum absolute atomic E-state index is 0.161. The van der Waals surface area contributed by atoms with Crippen LogP contribution in [0.25, 0.3) is 33.5 Å². The number of halogens is 3. The highest BCUT2D eigenvalue weighted by Crippen LogP contribution is 2.42. The molecular formula is C34H25BrCl2N4O5. The zero-order valence-corrected chi connectivity index (χ0v) is 27.6. The number of rotatable bonds is 9. The van der Waals surface area contributed by atoms with E-state index in [0.717, 1.165) is 10.9 Å². The van der Waals surface area contributed by atoms with Crippen LogP contribution in [0.15, 0.2) is 97.6 Å². The summed E-state index contributed by atoms with van der Waals surface area (Å²) in [6, 6.07) is 23.0. The van der Waals surface area contributed by atoms with Gasteiger partial charge in [0.2, 0.25) is 5.82 Å². The number of ether oxygens (including phenoxy) is 2. The number of amides is 1. The van der Waals surface area contributed by atoms with Crippen molar-refractivity contribution in [3.63, 3.8) is 0 Å². The summed E-state index contributed by atoms with van der Waals surface area (Å²) in [5.74, 6) is 0.625. The van der Waals surface area contributed by atoms with E-state index in [1.807, 2.05) is 38.1 Å². The maximum absolute atomic E-state index is 13.7. The number of para-hydroxylation sites is 1. The van der Waals surface area contributed by atoms with Crippen molar-refractivity contribution >= 4 is 78.8 Å². The van der Waals surface area contributed by atoms with Gasteiger partial charge in [-0.1, -0.05) is 53.0 Å². The van der Waals surface area contributed by atoms with Crippen LogP contribution in [-0.2, 0) is 4.79 Å². The summed E-state index contributed by atoms with van der Waals surface area (Å²) in [5.41, 5.74) is 2.87. The van der Waals surface area contributed by atoms with Gasteiger partial charge in [-0.05, 0) is 84.4 Å². The summed E-state index contributed by atoms with van der Waals surface area (Å²) in [6.45, 7) is 3.77. The van der Waals surface area contributed by atoms with Gasteiger partial charge in [-0.25, -0.2) is 4.98 Å². The molecule has 4 aromatic carbocycles. The van der Waals surface area contributed by atoms with Crippen molar-refractivity contribution in [2.24, 2.45) is 5.10 Å². The lowest BCUT2D eigenvalue weighted by Gasteiger charge is -2.16. The number of aromatic nitrogens is 2. The molecule has 2 aromatic heterocycles. The van der Waals surface area contributed by atoms with Crippen molar-refractivity contribution in [1.82, 2.24) is 9.66 Å². The van der Waals surface area contributed by atoms with Crippen molar-refractivity contribution in [1.29, 1.82) is 0 Å². The Kier molecular flexibility index (Phi) is 9.12. The number of fused-ring (bicyclic) bond motifs is 2. The molecule has 0 saturated carbocycles. The molecule has 6 aromatic rings.